The van der Waals surface area contributed by atoms with Gasteiger partial charge in [0.15, 0.2) is 17.3 Å². The van der Waals surface area contributed by atoms with Gasteiger partial charge in [0, 0.05) is 24.7 Å². The Kier molecular flexibility index (Phi) is 14.2. The molecule has 4 aromatic carbocycles. The Morgan fingerprint density at radius 3 is 2.04 bits per heavy atom. The van der Waals surface area contributed by atoms with Crippen LogP contribution < -0.4 is 24.4 Å². The second-order valence-corrected chi connectivity index (χ2v) is 12.1. The fourth-order valence-electron chi connectivity index (χ4n) is 5.61. The number of fused-ring (bicyclic) bond motifs is 1. The van der Waals surface area contributed by atoms with E-state index in [1.54, 1.807) is 44.6 Å². The van der Waals surface area contributed by atoms with Gasteiger partial charge in [0.25, 0.3) is 0 Å². The van der Waals surface area contributed by atoms with E-state index >= 15 is 0 Å². The van der Waals surface area contributed by atoms with Crippen molar-refractivity contribution in [2.75, 3.05) is 20.8 Å². The fourth-order valence-corrected chi connectivity index (χ4v) is 5.61. The first kappa shape index (κ1) is 36.1. The molecule has 0 aliphatic heterocycles. The Morgan fingerprint density at radius 1 is 0.660 bits per heavy atom. The standard InChI is InChI=1S/C43H46O7/c1-45-36-24-25-37-39(30-36)50-42(35-23-26-38(40(29-35)46-2)49-32-34-21-15-12-16-22-34)43(41(37)44)48-28-18-10-8-6-4-3-5-7-9-17-27-47-31-33-19-13-11-14-20-33/h11-16,19-26,29-30H,3-10,17,27,31-32H2,1-2H3. The highest BCUT2D eigenvalue weighted by Gasteiger charge is 2.20. The summed E-state index contributed by atoms with van der Waals surface area (Å²) in [5.41, 5.74) is 2.91. The third kappa shape index (κ3) is 10.7. The van der Waals surface area contributed by atoms with E-state index in [0.29, 0.717) is 53.4 Å². The molecule has 0 spiro atoms. The molecule has 0 saturated carbocycles. The molecule has 260 valence electrons. The maximum Gasteiger partial charge on any atom is 0.237 e. The van der Waals surface area contributed by atoms with E-state index in [-0.39, 0.29) is 16.9 Å². The second-order valence-electron chi connectivity index (χ2n) is 12.1. The number of hydrogen-bond acceptors (Lipinski definition) is 7. The lowest BCUT2D eigenvalue weighted by atomic mass is 10.1. The zero-order valence-electron chi connectivity index (χ0n) is 29.1. The van der Waals surface area contributed by atoms with Crippen LogP contribution in [0.1, 0.15) is 68.9 Å². The lowest BCUT2D eigenvalue weighted by molar-refractivity contribution is 0.116. The summed E-state index contributed by atoms with van der Waals surface area (Å²) in [6, 6.07) is 30.7. The number of unbranched alkanes of at least 4 members (excludes halogenated alkanes) is 8. The normalized spacial score (nSPS) is 10.8. The summed E-state index contributed by atoms with van der Waals surface area (Å²) in [4.78, 5) is 13.7. The molecule has 1 heterocycles. The topological polar surface area (TPSA) is 76.4 Å². The van der Waals surface area contributed by atoms with Crippen LogP contribution in [0.4, 0.5) is 0 Å². The Labute approximate surface area is 295 Å². The maximum absolute atomic E-state index is 13.7. The molecule has 0 amide bonds. The van der Waals surface area contributed by atoms with Crippen LogP contribution in [0, 0.1) is 12.0 Å². The monoisotopic (exact) mass is 674 g/mol. The third-order valence-corrected chi connectivity index (χ3v) is 8.40. The van der Waals surface area contributed by atoms with E-state index in [2.05, 4.69) is 24.2 Å². The summed E-state index contributed by atoms with van der Waals surface area (Å²) >= 11 is 0. The van der Waals surface area contributed by atoms with Crippen LogP contribution in [-0.4, -0.2) is 20.8 Å². The highest BCUT2D eigenvalue weighted by Crippen LogP contribution is 2.37. The molecule has 0 aliphatic carbocycles. The van der Waals surface area contributed by atoms with Gasteiger partial charge in [0.05, 0.1) is 26.2 Å². The quantitative estimate of drug-likeness (QED) is 0.0637. The SMILES string of the molecule is COc1ccc2c(=O)c(OC#CCCCCCCCCCCOCc3ccccc3)c(-c3ccc(OCc4ccccc4)c(OC)c3)oc2c1. The highest BCUT2D eigenvalue weighted by molar-refractivity contribution is 5.83. The van der Waals surface area contributed by atoms with Gasteiger partial charge in [-0.2, -0.15) is 0 Å². The van der Waals surface area contributed by atoms with Crippen molar-refractivity contribution in [3.05, 3.63) is 118 Å². The molecule has 0 N–H and O–H groups in total. The number of methoxy groups -OCH3 is 2. The van der Waals surface area contributed by atoms with Crippen molar-refractivity contribution in [2.24, 2.45) is 0 Å². The van der Waals surface area contributed by atoms with Crippen LogP contribution in [0.3, 0.4) is 0 Å². The molecule has 7 nitrogen and oxygen atoms in total. The molecular weight excluding hydrogens is 628 g/mol. The van der Waals surface area contributed by atoms with Gasteiger partial charge in [-0.1, -0.05) is 105 Å². The average molecular weight is 675 g/mol. The Bertz CT molecular complexity index is 1890. The minimum atomic E-state index is -0.315. The first-order chi connectivity index (χ1) is 24.7. The highest BCUT2D eigenvalue weighted by atomic mass is 16.5. The molecule has 0 fully saturated rings. The van der Waals surface area contributed by atoms with E-state index in [1.165, 1.54) is 37.7 Å². The van der Waals surface area contributed by atoms with E-state index in [1.807, 2.05) is 54.6 Å². The van der Waals surface area contributed by atoms with E-state index in [4.69, 9.17) is 28.1 Å². The summed E-state index contributed by atoms with van der Waals surface area (Å²) in [6.07, 6.45) is 12.7. The third-order valence-electron chi connectivity index (χ3n) is 8.40. The van der Waals surface area contributed by atoms with Crippen LogP contribution in [0.5, 0.6) is 23.0 Å². The van der Waals surface area contributed by atoms with Crippen LogP contribution in [-0.2, 0) is 18.0 Å². The van der Waals surface area contributed by atoms with Gasteiger partial charge >= 0.3 is 0 Å². The predicted molar refractivity (Wildman–Crippen MR) is 198 cm³/mol. The molecule has 1 aromatic heterocycles. The Hall–Kier alpha value is -5.19. The minimum Gasteiger partial charge on any atom is -0.497 e. The van der Waals surface area contributed by atoms with Crippen LogP contribution >= 0.6 is 0 Å². The number of benzene rings is 4. The van der Waals surface area contributed by atoms with Gasteiger partial charge in [-0.05, 0) is 54.3 Å². The fraction of sp³-hybridized carbons (Fsp3) is 0.326. The van der Waals surface area contributed by atoms with Gasteiger partial charge < -0.3 is 28.1 Å². The summed E-state index contributed by atoms with van der Waals surface area (Å²) in [7, 11) is 3.14. The summed E-state index contributed by atoms with van der Waals surface area (Å²) < 4.78 is 35.0. The van der Waals surface area contributed by atoms with E-state index < -0.39 is 0 Å². The number of hydrogen-bond donors (Lipinski definition) is 0. The number of ether oxygens (including phenoxy) is 5. The van der Waals surface area contributed by atoms with Crippen molar-refractivity contribution in [2.45, 2.75) is 71.0 Å². The molecule has 50 heavy (non-hydrogen) atoms. The first-order valence-electron chi connectivity index (χ1n) is 17.4. The molecule has 0 unspecified atom stereocenters. The summed E-state index contributed by atoms with van der Waals surface area (Å²) in [6.45, 7) is 1.89. The smallest absolute Gasteiger partial charge is 0.237 e. The molecule has 0 saturated heterocycles. The lowest BCUT2D eigenvalue weighted by Gasteiger charge is -2.13. The Balaban J connectivity index is 1.13. The second kappa shape index (κ2) is 19.7. The summed E-state index contributed by atoms with van der Waals surface area (Å²) in [5.74, 6) is 5.00. The van der Waals surface area contributed by atoms with Gasteiger partial charge in [-0.3, -0.25) is 4.79 Å². The van der Waals surface area contributed by atoms with E-state index in [9.17, 15) is 4.79 Å². The maximum atomic E-state index is 13.7. The largest absolute Gasteiger partial charge is 0.497 e. The van der Waals surface area contributed by atoms with Crippen molar-refractivity contribution in [1.82, 2.24) is 0 Å². The zero-order valence-corrected chi connectivity index (χ0v) is 29.1. The summed E-state index contributed by atoms with van der Waals surface area (Å²) in [5, 5.41) is 0.376. The molecule has 0 aliphatic rings. The molecule has 5 rings (SSSR count). The van der Waals surface area contributed by atoms with Crippen molar-refractivity contribution in [1.29, 1.82) is 0 Å². The van der Waals surface area contributed by atoms with E-state index in [0.717, 1.165) is 31.4 Å². The molecule has 5 aromatic rings. The average Bonchev–Trinajstić information content (AvgIpc) is 3.16. The molecule has 0 radical (unpaired) electrons. The van der Waals surface area contributed by atoms with Crippen LogP contribution in [0.15, 0.2) is 106 Å². The minimum absolute atomic E-state index is 0.0284. The van der Waals surface area contributed by atoms with Gasteiger partial charge in [0.1, 0.15) is 24.0 Å². The van der Waals surface area contributed by atoms with Gasteiger partial charge in [-0.25, -0.2) is 0 Å². The van der Waals surface area contributed by atoms with Crippen molar-refractivity contribution < 1.29 is 28.1 Å². The van der Waals surface area contributed by atoms with Crippen molar-refractivity contribution in [3.8, 4) is 46.3 Å². The number of rotatable bonds is 19. The van der Waals surface area contributed by atoms with Crippen LogP contribution in [0.2, 0.25) is 0 Å². The molecule has 0 bridgehead atoms. The lowest BCUT2D eigenvalue weighted by Crippen LogP contribution is -2.08. The molecule has 7 heteroatoms. The van der Waals surface area contributed by atoms with Crippen LogP contribution in [0.25, 0.3) is 22.3 Å². The predicted octanol–water partition coefficient (Wildman–Crippen LogP) is 10.1. The van der Waals surface area contributed by atoms with Gasteiger partial charge in [0.2, 0.25) is 11.2 Å². The molecular formula is C43H46O7. The first-order valence-corrected chi connectivity index (χ1v) is 17.4. The van der Waals surface area contributed by atoms with Gasteiger partial charge in [-0.15, -0.1) is 0 Å². The van der Waals surface area contributed by atoms with Crippen molar-refractivity contribution >= 4 is 11.0 Å². The molecule has 0 atom stereocenters. The zero-order chi connectivity index (χ0) is 34.8. The van der Waals surface area contributed by atoms with Crippen molar-refractivity contribution in [3.63, 3.8) is 0 Å². The Morgan fingerprint density at radius 2 is 1.34 bits per heavy atom.